The van der Waals surface area contributed by atoms with Crippen molar-refractivity contribution in [3.63, 3.8) is 0 Å². The van der Waals surface area contributed by atoms with Gasteiger partial charge in [-0.05, 0) is 19.8 Å². The van der Waals surface area contributed by atoms with Crippen molar-refractivity contribution in [2.24, 2.45) is 5.92 Å². The molecule has 0 aromatic carbocycles. The molecule has 0 spiro atoms. The molecule has 1 aromatic heterocycles. The van der Waals surface area contributed by atoms with Crippen molar-refractivity contribution in [2.45, 2.75) is 51.3 Å². The molecule has 1 aliphatic carbocycles. The highest BCUT2D eigenvalue weighted by atomic mass is 16.3. The summed E-state index contributed by atoms with van der Waals surface area (Å²) in [6.45, 7) is 3.12. The summed E-state index contributed by atoms with van der Waals surface area (Å²) in [5.41, 5.74) is 0. The third kappa shape index (κ3) is 4.70. The number of aliphatic hydroxyl groups excluding tert-OH is 1. The molecule has 2 rings (SSSR count). The van der Waals surface area contributed by atoms with Gasteiger partial charge in [0.1, 0.15) is 12.7 Å². The molecule has 7 heteroatoms. The van der Waals surface area contributed by atoms with E-state index in [1.165, 1.54) is 6.33 Å². The van der Waals surface area contributed by atoms with Crippen molar-refractivity contribution in [3.8, 4) is 0 Å². The molecular weight excluding hydrogens is 270 g/mol. The second-order valence-electron chi connectivity index (χ2n) is 5.96. The molecule has 7 nitrogen and oxygen atoms in total. The number of rotatable bonds is 5. The highest BCUT2D eigenvalue weighted by molar-refractivity contribution is 5.74. The van der Waals surface area contributed by atoms with E-state index in [9.17, 15) is 9.90 Å². The van der Waals surface area contributed by atoms with Gasteiger partial charge in [0.15, 0.2) is 0 Å². The van der Waals surface area contributed by atoms with E-state index >= 15 is 0 Å². The Labute approximate surface area is 125 Å². The number of nitrogens with one attached hydrogen (secondary N) is 1. The van der Waals surface area contributed by atoms with Gasteiger partial charge in [-0.1, -0.05) is 12.8 Å². The SMILES string of the molecule is C[C@H](Cn1cncn1)NC(=O)N(C)C[C@H]1CCCC[C@H]1O. The van der Waals surface area contributed by atoms with E-state index in [4.69, 9.17) is 0 Å². The highest BCUT2D eigenvalue weighted by Crippen LogP contribution is 2.24. The summed E-state index contributed by atoms with van der Waals surface area (Å²) in [7, 11) is 1.78. The second-order valence-corrected chi connectivity index (χ2v) is 5.96. The van der Waals surface area contributed by atoms with Gasteiger partial charge >= 0.3 is 6.03 Å². The van der Waals surface area contributed by atoms with Crippen LogP contribution in [0.25, 0.3) is 0 Å². The van der Waals surface area contributed by atoms with Crippen LogP contribution in [-0.2, 0) is 6.54 Å². The predicted molar refractivity (Wildman–Crippen MR) is 78.6 cm³/mol. The number of urea groups is 1. The number of hydrogen-bond donors (Lipinski definition) is 2. The summed E-state index contributed by atoms with van der Waals surface area (Å²) in [4.78, 5) is 17.7. The van der Waals surface area contributed by atoms with E-state index in [2.05, 4.69) is 15.4 Å². The zero-order valence-electron chi connectivity index (χ0n) is 12.8. The summed E-state index contributed by atoms with van der Waals surface area (Å²) >= 11 is 0. The molecule has 3 atom stereocenters. The van der Waals surface area contributed by atoms with E-state index in [1.807, 2.05) is 6.92 Å². The zero-order chi connectivity index (χ0) is 15.2. The topological polar surface area (TPSA) is 83.3 Å². The standard InChI is InChI=1S/C14H25N5O2/c1-11(7-19-10-15-9-16-19)17-14(21)18(2)8-12-5-3-4-6-13(12)20/h9-13,20H,3-8H2,1-2H3,(H,17,21)/t11-,12-,13-/m1/s1. The number of amides is 2. The minimum atomic E-state index is -0.276. The fourth-order valence-electron chi connectivity index (χ4n) is 2.81. The van der Waals surface area contributed by atoms with Crippen LogP contribution in [0.3, 0.4) is 0 Å². The molecular formula is C14H25N5O2. The van der Waals surface area contributed by atoms with Crippen LogP contribution in [0.5, 0.6) is 0 Å². The molecule has 1 aliphatic rings. The van der Waals surface area contributed by atoms with Crippen molar-refractivity contribution >= 4 is 6.03 Å². The Balaban J connectivity index is 1.76. The third-order valence-electron chi connectivity index (χ3n) is 4.02. The number of carbonyl (C=O) groups is 1. The lowest BCUT2D eigenvalue weighted by Gasteiger charge is -2.31. The average Bonchev–Trinajstić information content (AvgIpc) is 2.93. The number of aliphatic hydroxyl groups is 1. The summed E-state index contributed by atoms with van der Waals surface area (Å²) in [6.07, 6.45) is 6.90. The summed E-state index contributed by atoms with van der Waals surface area (Å²) in [6, 6.07) is -0.140. The maximum Gasteiger partial charge on any atom is 0.317 e. The van der Waals surface area contributed by atoms with E-state index < -0.39 is 0 Å². The Kier molecular flexibility index (Phi) is 5.55. The Morgan fingerprint density at radius 3 is 2.95 bits per heavy atom. The number of hydrogen-bond acceptors (Lipinski definition) is 4. The smallest absolute Gasteiger partial charge is 0.317 e. The minimum absolute atomic E-state index is 0.0297. The van der Waals surface area contributed by atoms with Gasteiger partial charge in [-0.25, -0.2) is 9.78 Å². The van der Waals surface area contributed by atoms with E-state index in [1.54, 1.807) is 23.0 Å². The van der Waals surface area contributed by atoms with E-state index in [0.717, 1.165) is 25.7 Å². The van der Waals surface area contributed by atoms with Crippen LogP contribution in [0.4, 0.5) is 4.79 Å². The first-order valence-electron chi connectivity index (χ1n) is 7.58. The second kappa shape index (κ2) is 7.40. The van der Waals surface area contributed by atoms with Crippen LogP contribution in [-0.4, -0.2) is 56.5 Å². The fourth-order valence-corrected chi connectivity index (χ4v) is 2.81. The molecule has 0 unspecified atom stereocenters. The average molecular weight is 295 g/mol. The Hall–Kier alpha value is -1.63. The van der Waals surface area contributed by atoms with Crippen LogP contribution >= 0.6 is 0 Å². The number of carbonyl (C=O) groups excluding carboxylic acids is 1. The first-order chi connectivity index (χ1) is 10.1. The molecule has 21 heavy (non-hydrogen) atoms. The molecule has 1 heterocycles. The zero-order valence-corrected chi connectivity index (χ0v) is 12.8. The van der Waals surface area contributed by atoms with Crippen LogP contribution in [0.15, 0.2) is 12.7 Å². The van der Waals surface area contributed by atoms with Crippen molar-refractivity contribution in [3.05, 3.63) is 12.7 Å². The normalized spacial score (nSPS) is 23.6. The van der Waals surface area contributed by atoms with Gasteiger partial charge < -0.3 is 15.3 Å². The summed E-state index contributed by atoms with van der Waals surface area (Å²) < 4.78 is 1.69. The first-order valence-corrected chi connectivity index (χ1v) is 7.58. The monoisotopic (exact) mass is 295 g/mol. The largest absolute Gasteiger partial charge is 0.393 e. The van der Waals surface area contributed by atoms with Crippen molar-refractivity contribution < 1.29 is 9.90 Å². The lowest BCUT2D eigenvalue weighted by molar-refractivity contribution is 0.0563. The van der Waals surface area contributed by atoms with Gasteiger partial charge in [0.05, 0.1) is 12.6 Å². The Morgan fingerprint density at radius 1 is 1.52 bits per heavy atom. The molecule has 0 radical (unpaired) electrons. The van der Waals surface area contributed by atoms with Crippen molar-refractivity contribution in [2.75, 3.05) is 13.6 Å². The van der Waals surface area contributed by atoms with Crippen LogP contribution < -0.4 is 5.32 Å². The molecule has 0 aliphatic heterocycles. The highest BCUT2D eigenvalue weighted by Gasteiger charge is 2.25. The van der Waals surface area contributed by atoms with E-state index in [-0.39, 0.29) is 24.1 Å². The third-order valence-corrected chi connectivity index (χ3v) is 4.02. The van der Waals surface area contributed by atoms with Crippen molar-refractivity contribution in [1.82, 2.24) is 25.0 Å². The molecule has 118 valence electrons. The van der Waals surface area contributed by atoms with Crippen molar-refractivity contribution in [1.29, 1.82) is 0 Å². The van der Waals surface area contributed by atoms with Gasteiger partial charge in [-0.3, -0.25) is 4.68 Å². The lowest BCUT2D eigenvalue weighted by Crippen LogP contribution is -2.46. The predicted octanol–water partition coefficient (Wildman–Crippen LogP) is 0.859. The summed E-state index contributed by atoms with van der Waals surface area (Å²) in [5, 5.41) is 16.9. The van der Waals surface area contributed by atoms with Gasteiger partial charge in [0, 0.05) is 25.6 Å². The van der Waals surface area contributed by atoms with Crippen LogP contribution in [0.2, 0.25) is 0 Å². The molecule has 0 bridgehead atoms. The van der Waals surface area contributed by atoms with Gasteiger partial charge in [0.2, 0.25) is 0 Å². The lowest BCUT2D eigenvalue weighted by atomic mass is 9.86. The minimum Gasteiger partial charge on any atom is -0.393 e. The van der Waals surface area contributed by atoms with Gasteiger partial charge in [-0.15, -0.1) is 0 Å². The number of nitrogens with zero attached hydrogens (tertiary/aromatic N) is 4. The van der Waals surface area contributed by atoms with Gasteiger partial charge in [-0.2, -0.15) is 5.10 Å². The van der Waals surface area contributed by atoms with E-state index in [0.29, 0.717) is 13.1 Å². The molecule has 1 aromatic rings. The summed E-state index contributed by atoms with van der Waals surface area (Å²) in [5.74, 6) is 0.195. The number of aromatic nitrogens is 3. The van der Waals surface area contributed by atoms with Crippen LogP contribution in [0, 0.1) is 5.92 Å². The van der Waals surface area contributed by atoms with Crippen LogP contribution in [0.1, 0.15) is 32.6 Å². The molecule has 1 fully saturated rings. The molecule has 2 N–H and O–H groups in total. The molecule has 0 saturated heterocycles. The molecule has 2 amide bonds. The maximum absolute atomic E-state index is 12.2. The van der Waals surface area contributed by atoms with Gasteiger partial charge in [0.25, 0.3) is 0 Å². The first kappa shape index (κ1) is 15.8. The Bertz CT molecular complexity index is 437. The quantitative estimate of drug-likeness (QED) is 0.844. The fraction of sp³-hybridized carbons (Fsp3) is 0.786. The maximum atomic E-state index is 12.2. The Morgan fingerprint density at radius 2 is 2.29 bits per heavy atom. The molecule has 1 saturated carbocycles.